The molecule has 0 radical (unpaired) electrons. The summed E-state index contributed by atoms with van der Waals surface area (Å²) in [7, 11) is 0. The third kappa shape index (κ3) is 4.77. The Morgan fingerprint density at radius 1 is 1.24 bits per heavy atom. The second kappa shape index (κ2) is 8.94. The fraction of sp³-hybridized carbons (Fsp3) is 0.350. The van der Waals surface area contributed by atoms with Gasteiger partial charge in [0.25, 0.3) is 5.91 Å². The maximum absolute atomic E-state index is 12.3. The molecule has 4 rings (SSSR count). The SMILES string of the molecule is O=C(COC(=O)c1c(Cl)nc2sccn12)NC1CCN(Cc2ccccc2)CC1. The minimum absolute atomic E-state index is 0.0769. The quantitative estimate of drug-likeness (QED) is 0.606. The maximum Gasteiger partial charge on any atom is 0.359 e. The van der Waals surface area contributed by atoms with Gasteiger partial charge >= 0.3 is 5.97 Å². The van der Waals surface area contributed by atoms with Crippen molar-refractivity contribution in [3.05, 3.63) is 58.3 Å². The topological polar surface area (TPSA) is 75.9 Å². The van der Waals surface area contributed by atoms with Gasteiger partial charge in [-0.3, -0.25) is 14.1 Å². The van der Waals surface area contributed by atoms with E-state index in [1.54, 1.807) is 16.0 Å². The van der Waals surface area contributed by atoms with Crippen LogP contribution in [0, 0.1) is 0 Å². The van der Waals surface area contributed by atoms with Gasteiger partial charge in [-0.05, 0) is 18.4 Å². The van der Waals surface area contributed by atoms with Crippen molar-refractivity contribution in [2.45, 2.75) is 25.4 Å². The van der Waals surface area contributed by atoms with Crippen LogP contribution in [0.2, 0.25) is 5.15 Å². The molecule has 3 aromatic rings. The van der Waals surface area contributed by atoms with Gasteiger partial charge in [0.15, 0.2) is 22.4 Å². The van der Waals surface area contributed by atoms with Crippen LogP contribution in [0.5, 0.6) is 0 Å². The number of nitrogens with one attached hydrogen (secondary N) is 1. The molecule has 0 saturated carbocycles. The van der Waals surface area contributed by atoms with E-state index in [-0.39, 0.29) is 29.4 Å². The summed E-state index contributed by atoms with van der Waals surface area (Å²) in [4.78, 5) is 31.6. The Balaban J connectivity index is 1.22. The summed E-state index contributed by atoms with van der Waals surface area (Å²) in [6.07, 6.45) is 3.44. The summed E-state index contributed by atoms with van der Waals surface area (Å²) in [6, 6.07) is 10.4. The lowest BCUT2D eigenvalue weighted by molar-refractivity contribution is -0.125. The summed E-state index contributed by atoms with van der Waals surface area (Å²) < 4.78 is 6.71. The second-order valence-electron chi connectivity index (χ2n) is 6.99. The number of piperidine rings is 1. The first-order valence-electron chi connectivity index (χ1n) is 9.44. The Hall–Kier alpha value is -2.42. The standard InChI is InChI=1S/C20H21ClN4O3S/c21-18-17(25-10-11-29-20(25)23-18)19(27)28-13-16(26)22-15-6-8-24(9-7-15)12-14-4-2-1-3-5-14/h1-5,10-11,15H,6-9,12-13H2,(H,22,26). The molecule has 1 amide bonds. The van der Waals surface area contributed by atoms with Crippen LogP contribution in [-0.4, -0.2) is 51.9 Å². The lowest BCUT2D eigenvalue weighted by atomic mass is 10.0. The van der Waals surface area contributed by atoms with Gasteiger partial charge in [-0.1, -0.05) is 41.9 Å². The van der Waals surface area contributed by atoms with Crippen molar-refractivity contribution in [1.82, 2.24) is 19.6 Å². The average molecular weight is 433 g/mol. The first-order valence-corrected chi connectivity index (χ1v) is 10.7. The largest absolute Gasteiger partial charge is 0.451 e. The number of amides is 1. The molecule has 1 saturated heterocycles. The Morgan fingerprint density at radius 2 is 2.00 bits per heavy atom. The van der Waals surface area contributed by atoms with Gasteiger partial charge in [0, 0.05) is 37.3 Å². The highest BCUT2D eigenvalue weighted by molar-refractivity contribution is 7.15. The lowest BCUT2D eigenvalue weighted by Crippen LogP contribution is -2.45. The zero-order chi connectivity index (χ0) is 20.2. The van der Waals surface area contributed by atoms with E-state index in [2.05, 4.69) is 27.3 Å². The Labute approximate surface area is 177 Å². The second-order valence-corrected chi connectivity index (χ2v) is 8.22. The van der Waals surface area contributed by atoms with Gasteiger partial charge in [0.1, 0.15) is 0 Å². The number of nitrogens with zero attached hydrogens (tertiary/aromatic N) is 3. The zero-order valence-electron chi connectivity index (χ0n) is 15.7. The van der Waals surface area contributed by atoms with Crippen LogP contribution in [0.4, 0.5) is 0 Å². The number of esters is 1. The van der Waals surface area contributed by atoms with Gasteiger partial charge in [0.05, 0.1) is 0 Å². The van der Waals surface area contributed by atoms with Gasteiger partial charge in [-0.2, -0.15) is 0 Å². The van der Waals surface area contributed by atoms with Crippen LogP contribution in [0.1, 0.15) is 28.9 Å². The molecule has 1 aromatic carbocycles. The van der Waals surface area contributed by atoms with E-state index in [0.29, 0.717) is 4.96 Å². The van der Waals surface area contributed by atoms with E-state index in [9.17, 15) is 9.59 Å². The maximum atomic E-state index is 12.3. The van der Waals surface area contributed by atoms with Gasteiger partial charge < -0.3 is 10.1 Å². The molecule has 1 fully saturated rings. The van der Waals surface area contributed by atoms with Crippen LogP contribution in [0.3, 0.4) is 0 Å². The molecule has 2 aromatic heterocycles. The van der Waals surface area contributed by atoms with Crippen molar-refractivity contribution < 1.29 is 14.3 Å². The Morgan fingerprint density at radius 3 is 2.76 bits per heavy atom. The number of hydrogen-bond donors (Lipinski definition) is 1. The molecule has 9 heteroatoms. The van der Waals surface area contributed by atoms with Gasteiger partial charge in [-0.25, -0.2) is 9.78 Å². The predicted octanol–water partition coefficient (Wildman–Crippen LogP) is 2.99. The van der Waals surface area contributed by atoms with E-state index in [0.717, 1.165) is 32.5 Å². The highest BCUT2D eigenvalue weighted by Gasteiger charge is 2.23. The number of imidazole rings is 1. The molecule has 29 heavy (non-hydrogen) atoms. The van der Waals surface area contributed by atoms with E-state index >= 15 is 0 Å². The summed E-state index contributed by atoms with van der Waals surface area (Å²) >= 11 is 7.38. The number of likely N-dealkylation sites (tertiary alicyclic amines) is 1. The number of thiazole rings is 1. The summed E-state index contributed by atoms with van der Waals surface area (Å²) in [5, 5.41) is 4.83. The molecule has 0 aliphatic carbocycles. The van der Waals surface area contributed by atoms with Crippen molar-refractivity contribution in [1.29, 1.82) is 0 Å². The average Bonchev–Trinajstić information content (AvgIpc) is 3.28. The van der Waals surface area contributed by atoms with Crippen LogP contribution in [0.25, 0.3) is 4.96 Å². The lowest BCUT2D eigenvalue weighted by Gasteiger charge is -2.32. The number of rotatable bonds is 6. The van der Waals surface area contributed by atoms with E-state index in [1.165, 1.54) is 16.9 Å². The van der Waals surface area contributed by atoms with Crippen LogP contribution >= 0.6 is 22.9 Å². The molecule has 1 aliphatic rings. The molecule has 0 atom stereocenters. The molecular formula is C20H21ClN4O3S. The highest BCUT2D eigenvalue weighted by atomic mass is 35.5. The monoisotopic (exact) mass is 432 g/mol. The number of aromatic nitrogens is 2. The smallest absolute Gasteiger partial charge is 0.359 e. The normalized spacial score (nSPS) is 15.5. The first-order chi connectivity index (χ1) is 14.1. The molecule has 1 aliphatic heterocycles. The first kappa shape index (κ1) is 19.9. The third-order valence-corrected chi connectivity index (χ3v) is 5.97. The number of ether oxygens (including phenoxy) is 1. The molecule has 3 heterocycles. The van der Waals surface area contributed by atoms with Crippen molar-refractivity contribution in [3.63, 3.8) is 0 Å². The molecule has 0 bridgehead atoms. The highest BCUT2D eigenvalue weighted by Crippen LogP contribution is 2.22. The molecular weight excluding hydrogens is 412 g/mol. The minimum atomic E-state index is -0.659. The van der Waals surface area contributed by atoms with E-state index in [4.69, 9.17) is 16.3 Å². The van der Waals surface area contributed by atoms with Gasteiger partial charge in [0.2, 0.25) is 0 Å². The third-order valence-electron chi connectivity index (χ3n) is 4.95. The van der Waals surface area contributed by atoms with Gasteiger partial charge in [-0.15, -0.1) is 11.3 Å². The number of benzene rings is 1. The summed E-state index contributed by atoms with van der Waals surface area (Å²) in [6.45, 7) is 2.42. The molecule has 152 valence electrons. The van der Waals surface area contributed by atoms with Crippen molar-refractivity contribution in [2.75, 3.05) is 19.7 Å². The van der Waals surface area contributed by atoms with Crippen molar-refractivity contribution in [2.24, 2.45) is 0 Å². The molecule has 7 nitrogen and oxygen atoms in total. The molecule has 1 N–H and O–H groups in total. The van der Waals surface area contributed by atoms with E-state index in [1.807, 2.05) is 18.2 Å². The molecule has 0 unspecified atom stereocenters. The fourth-order valence-corrected chi connectivity index (χ4v) is 4.50. The predicted molar refractivity (Wildman–Crippen MR) is 111 cm³/mol. The Bertz CT molecular complexity index is 996. The van der Waals surface area contributed by atoms with E-state index < -0.39 is 5.97 Å². The minimum Gasteiger partial charge on any atom is -0.451 e. The number of halogens is 1. The zero-order valence-corrected chi connectivity index (χ0v) is 17.3. The van der Waals surface area contributed by atoms with Crippen molar-refractivity contribution in [3.8, 4) is 0 Å². The van der Waals surface area contributed by atoms with Crippen LogP contribution in [-0.2, 0) is 16.1 Å². The fourth-order valence-electron chi connectivity index (χ4n) is 3.49. The summed E-state index contributed by atoms with van der Waals surface area (Å²) in [5.74, 6) is -0.962. The molecule has 0 spiro atoms. The number of carbonyl (C=O) groups is 2. The van der Waals surface area contributed by atoms with Crippen LogP contribution in [0.15, 0.2) is 41.9 Å². The summed E-state index contributed by atoms with van der Waals surface area (Å²) in [5.41, 5.74) is 1.44. The van der Waals surface area contributed by atoms with Crippen molar-refractivity contribution >= 4 is 39.8 Å². The Kier molecular flexibility index (Phi) is 6.13. The van der Waals surface area contributed by atoms with Crippen LogP contribution < -0.4 is 5.32 Å². The number of hydrogen-bond acceptors (Lipinski definition) is 6. The number of fused-ring (bicyclic) bond motifs is 1. The number of carbonyl (C=O) groups excluding carboxylic acids is 2.